The number of morpholine rings is 1. The number of carbonyl (C=O) groups excluding carboxylic acids is 1. The molecule has 7 nitrogen and oxygen atoms in total. The highest BCUT2D eigenvalue weighted by Gasteiger charge is 2.38. The number of carbonyl (C=O) groups is 1. The van der Waals surface area contributed by atoms with E-state index in [2.05, 4.69) is 29.0 Å². The maximum Gasteiger partial charge on any atom is 0.310 e. The minimum absolute atomic E-state index is 0. The van der Waals surface area contributed by atoms with Crippen molar-refractivity contribution in [2.24, 2.45) is 22.2 Å². The highest BCUT2D eigenvalue weighted by Crippen LogP contribution is 2.38. The molecule has 0 spiro atoms. The van der Waals surface area contributed by atoms with Crippen molar-refractivity contribution in [3.63, 3.8) is 0 Å². The second kappa shape index (κ2) is 12.4. The Hall–Kier alpha value is -0.610. The summed E-state index contributed by atoms with van der Waals surface area (Å²) < 4.78 is 10.6. The number of esters is 1. The molecular weight excluding hydrogens is 495 g/mol. The highest BCUT2D eigenvalue weighted by molar-refractivity contribution is 14.0. The molecule has 3 fully saturated rings. The molecule has 2 aliphatic heterocycles. The third kappa shape index (κ3) is 6.69. The number of hydrogen-bond acceptors (Lipinski definition) is 5. The number of nitrogens with one attached hydrogen (secondary N) is 1. The van der Waals surface area contributed by atoms with E-state index in [-0.39, 0.29) is 47.2 Å². The fraction of sp³-hybridized carbons (Fsp3) is 0.909. The van der Waals surface area contributed by atoms with E-state index in [0.29, 0.717) is 6.54 Å². The number of hydrogen-bond donors (Lipinski definition) is 1. The number of likely N-dealkylation sites (tertiary alicyclic amines) is 1. The van der Waals surface area contributed by atoms with Gasteiger partial charge in [-0.25, -0.2) is 0 Å². The van der Waals surface area contributed by atoms with Crippen molar-refractivity contribution in [2.45, 2.75) is 46.0 Å². The second-order valence-corrected chi connectivity index (χ2v) is 9.13. The zero-order chi connectivity index (χ0) is 20.7. The highest BCUT2D eigenvalue weighted by atomic mass is 127. The van der Waals surface area contributed by atoms with Gasteiger partial charge in [0.05, 0.1) is 26.2 Å². The smallest absolute Gasteiger partial charge is 0.310 e. The first kappa shape index (κ1) is 25.6. The van der Waals surface area contributed by atoms with Crippen LogP contribution in [-0.2, 0) is 14.3 Å². The largest absolute Gasteiger partial charge is 0.469 e. The SMILES string of the molecule is CCNC(=NCC1(CN2CCOCC2)CCCCC1)N1CC(C)C(C(=O)OC)C1.I. The van der Waals surface area contributed by atoms with E-state index < -0.39 is 0 Å². The molecule has 174 valence electrons. The lowest BCUT2D eigenvalue weighted by Crippen LogP contribution is -2.47. The molecule has 1 N–H and O–H groups in total. The Balaban J connectivity index is 0.00000320. The Morgan fingerprint density at radius 1 is 1.20 bits per heavy atom. The Morgan fingerprint density at radius 2 is 1.90 bits per heavy atom. The molecule has 2 saturated heterocycles. The van der Waals surface area contributed by atoms with Crippen LogP contribution in [0.25, 0.3) is 0 Å². The standard InChI is InChI=1S/C22H40N4O3.HI/c1-4-23-21(26-14-18(2)19(15-26)20(27)28-3)24-16-22(8-6-5-7-9-22)17-25-10-12-29-13-11-25;/h18-19H,4-17H2,1-3H3,(H,23,24);1H. The van der Waals surface area contributed by atoms with E-state index in [0.717, 1.165) is 58.4 Å². The van der Waals surface area contributed by atoms with Gasteiger partial charge in [0.2, 0.25) is 0 Å². The lowest BCUT2D eigenvalue weighted by atomic mass is 9.73. The topological polar surface area (TPSA) is 66.4 Å². The lowest BCUT2D eigenvalue weighted by molar-refractivity contribution is -0.145. The normalized spacial score (nSPS) is 27.4. The number of halogens is 1. The molecule has 1 aliphatic carbocycles. The van der Waals surface area contributed by atoms with Crippen molar-refractivity contribution in [1.29, 1.82) is 0 Å². The van der Waals surface area contributed by atoms with Gasteiger partial charge < -0.3 is 19.7 Å². The van der Waals surface area contributed by atoms with Crippen LogP contribution in [0.4, 0.5) is 0 Å². The second-order valence-electron chi connectivity index (χ2n) is 9.13. The monoisotopic (exact) mass is 536 g/mol. The molecule has 0 radical (unpaired) electrons. The molecule has 2 heterocycles. The first-order chi connectivity index (χ1) is 14.1. The summed E-state index contributed by atoms with van der Waals surface area (Å²) in [6, 6.07) is 0. The van der Waals surface area contributed by atoms with Gasteiger partial charge in [-0.15, -0.1) is 24.0 Å². The van der Waals surface area contributed by atoms with Crippen LogP contribution >= 0.6 is 24.0 Å². The molecule has 0 bridgehead atoms. The first-order valence-corrected chi connectivity index (χ1v) is 11.5. The third-order valence-electron chi connectivity index (χ3n) is 6.89. The Morgan fingerprint density at radius 3 is 2.53 bits per heavy atom. The zero-order valence-electron chi connectivity index (χ0n) is 19.0. The van der Waals surface area contributed by atoms with Gasteiger partial charge in [0.15, 0.2) is 5.96 Å². The summed E-state index contributed by atoms with van der Waals surface area (Å²) in [6.45, 7) is 12.4. The van der Waals surface area contributed by atoms with Crippen molar-refractivity contribution in [3.8, 4) is 0 Å². The third-order valence-corrected chi connectivity index (χ3v) is 6.89. The maximum absolute atomic E-state index is 12.1. The summed E-state index contributed by atoms with van der Waals surface area (Å²) in [4.78, 5) is 22.1. The van der Waals surface area contributed by atoms with Gasteiger partial charge in [-0.3, -0.25) is 14.7 Å². The van der Waals surface area contributed by atoms with Crippen LogP contribution in [0.2, 0.25) is 0 Å². The Labute approximate surface area is 199 Å². The average Bonchev–Trinajstić information content (AvgIpc) is 3.13. The van der Waals surface area contributed by atoms with E-state index in [4.69, 9.17) is 14.5 Å². The summed E-state index contributed by atoms with van der Waals surface area (Å²) in [5.41, 5.74) is 0.267. The van der Waals surface area contributed by atoms with Crippen LogP contribution in [-0.4, -0.2) is 87.9 Å². The number of nitrogens with zero attached hydrogens (tertiary/aromatic N) is 3. The van der Waals surface area contributed by atoms with Gasteiger partial charge in [0, 0.05) is 51.2 Å². The van der Waals surface area contributed by atoms with E-state index in [9.17, 15) is 4.79 Å². The minimum atomic E-state index is -0.105. The molecule has 0 aromatic heterocycles. The van der Waals surface area contributed by atoms with E-state index in [1.807, 2.05) is 0 Å². The predicted octanol–water partition coefficient (Wildman–Crippen LogP) is 2.59. The summed E-state index contributed by atoms with van der Waals surface area (Å²) in [7, 11) is 1.48. The molecule has 0 aromatic carbocycles. The maximum atomic E-state index is 12.1. The van der Waals surface area contributed by atoms with Gasteiger partial charge in [-0.2, -0.15) is 0 Å². The quantitative estimate of drug-likeness (QED) is 0.244. The summed E-state index contributed by atoms with van der Waals surface area (Å²) in [6.07, 6.45) is 6.48. The van der Waals surface area contributed by atoms with Crippen LogP contribution in [0.15, 0.2) is 4.99 Å². The van der Waals surface area contributed by atoms with E-state index in [1.54, 1.807) is 0 Å². The van der Waals surface area contributed by atoms with Gasteiger partial charge in [0.25, 0.3) is 0 Å². The van der Waals surface area contributed by atoms with Crippen molar-refractivity contribution in [2.75, 3.05) is 66.1 Å². The molecular formula is C22H41IN4O3. The van der Waals surface area contributed by atoms with Crippen LogP contribution < -0.4 is 5.32 Å². The zero-order valence-corrected chi connectivity index (χ0v) is 21.4. The molecule has 3 aliphatic rings. The van der Waals surface area contributed by atoms with Crippen LogP contribution in [0.1, 0.15) is 46.0 Å². The van der Waals surface area contributed by atoms with Gasteiger partial charge >= 0.3 is 5.97 Å². The molecule has 8 heteroatoms. The van der Waals surface area contributed by atoms with E-state index >= 15 is 0 Å². The van der Waals surface area contributed by atoms with Gasteiger partial charge in [-0.1, -0.05) is 26.2 Å². The first-order valence-electron chi connectivity index (χ1n) is 11.5. The number of guanidine groups is 1. The van der Waals surface area contributed by atoms with Crippen molar-refractivity contribution < 1.29 is 14.3 Å². The number of aliphatic imine (C=N–C) groups is 1. The Kier molecular flexibility index (Phi) is 10.6. The average molecular weight is 536 g/mol. The Bertz CT molecular complexity index is 563. The summed E-state index contributed by atoms with van der Waals surface area (Å²) >= 11 is 0. The molecule has 3 rings (SSSR count). The van der Waals surface area contributed by atoms with Crippen molar-refractivity contribution >= 4 is 35.9 Å². The molecule has 0 aromatic rings. The predicted molar refractivity (Wildman–Crippen MR) is 130 cm³/mol. The van der Waals surface area contributed by atoms with Crippen LogP contribution in [0.5, 0.6) is 0 Å². The summed E-state index contributed by atoms with van der Waals surface area (Å²) in [5, 5.41) is 3.47. The van der Waals surface area contributed by atoms with Gasteiger partial charge in [0.1, 0.15) is 0 Å². The van der Waals surface area contributed by atoms with Crippen molar-refractivity contribution in [3.05, 3.63) is 0 Å². The molecule has 0 amide bonds. The van der Waals surface area contributed by atoms with Crippen LogP contribution in [0, 0.1) is 17.3 Å². The fourth-order valence-electron chi connectivity index (χ4n) is 5.17. The molecule has 1 saturated carbocycles. The van der Waals surface area contributed by atoms with Crippen LogP contribution in [0.3, 0.4) is 0 Å². The number of methoxy groups -OCH3 is 1. The fourth-order valence-corrected chi connectivity index (χ4v) is 5.17. The molecule has 30 heavy (non-hydrogen) atoms. The van der Waals surface area contributed by atoms with Crippen molar-refractivity contribution in [1.82, 2.24) is 15.1 Å². The molecule has 2 atom stereocenters. The minimum Gasteiger partial charge on any atom is -0.469 e. The van der Waals surface area contributed by atoms with Gasteiger partial charge in [-0.05, 0) is 25.7 Å². The lowest BCUT2D eigenvalue weighted by Gasteiger charge is -2.41. The molecule has 2 unspecified atom stereocenters. The van der Waals surface area contributed by atoms with E-state index in [1.165, 1.54) is 39.2 Å². The number of ether oxygens (including phenoxy) is 2. The summed E-state index contributed by atoms with van der Waals surface area (Å²) in [5.74, 6) is 1.06. The number of rotatable bonds is 6.